The maximum absolute atomic E-state index is 11.0. The number of carbonyl (C=O) groups is 1. The van der Waals surface area contributed by atoms with Crippen molar-refractivity contribution in [2.45, 2.75) is 39.8 Å². The Morgan fingerprint density at radius 1 is 1.33 bits per heavy atom. The highest BCUT2D eigenvalue weighted by Crippen LogP contribution is 2.16. The monoisotopic (exact) mass is 251 g/mol. The van der Waals surface area contributed by atoms with Crippen LogP contribution in [-0.2, 0) is 4.79 Å². The molecule has 0 aromatic heterocycles. The molecule has 1 aromatic rings. The van der Waals surface area contributed by atoms with Crippen molar-refractivity contribution in [2.75, 3.05) is 6.61 Å². The van der Waals surface area contributed by atoms with Gasteiger partial charge in [0.25, 0.3) is 0 Å². The second kappa shape index (κ2) is 6.40. The van der Waals surface area contributed by atoms with E-state index in [1.54, 1.807) is 0 Å². The Hall–Kier alpha value is -1.55. The third kappa shape index (κ3) is 4.37. The van der Waals surface area contributed by atoms with E-state index < -0.39 is 12.0 Å². The highest BCUT2D eigenvalue weighted by molar-refractivity contribution is 5.73. The molecule has 100 valence electrons. The molecular formula is C14H21NO3. The molecule has 0 aliphatic heterocycles. The molecular weight excluding hydrogens is 230 g/mol. The van der Waals surface area contributed by atoms with Crippen LogP contribution in [0.5, 0.6) is 5.75 Å². The molecule has 1 atom stereocenters. The van der Waals surface area contributed by atoms with Gasteiger partial charge in [-0.15, -0.1) is 0 Å². The van der Waals surface area contributed by atoms with Gasteiger partial charge in [0, 0.05) is 6.04 Å². The van der Waals surface area contributed by atoms with Gasteiger partial charge in [-0.3, -0.25) is 10.1 Å². The van der Waals surface area contributed by atoms with E-state index in [1.165, 1.54) is 5.56 Å². The maximum atomic E-state index is 11.0. The van der Waals surface area contributed by atoms with E-state index in [0.717, 1.165) is 5.56 Å². The lowest BCUT2D eigenvalue weighted by atomic mass is 10.1. The van der Waals surface area contributed by atoms with Crippen LogP contribution in [0, 0.1) is 13.8 Å². The Balaban J connectivity index is 2.61. The molecule has 0 radical (unpaired) electrons. The normalized spacial score (nSPS) is 12.5. The molecule has 2 N–H and O–H groups in total. The first kappa shape index (κ1) is 14.5. The van der Waals surface area contributed by atoms with Crippen LogP contribution in [0.25, 0.3) is 0 Å². The van der Waals surface area contributed by atoms with Crippen molar-refractivity contribution in [3.05, 3.63) is 29.3 Å². The number of aliphatic carboxylic acids is 1. The zero-order valence-electron chi connectivity index (χ0n) is 11.4. The number of carboxylic acid groups (broad SMARTS) is 1. The molecule has 0 heterocycles. The minimum absolute atomic E-state index is 0.106. The number of nitrogens with one attached hydrogen (secondary N) is 1. The fourth-order valence-electron chi connectivity index (χ4n) is 1.58. The molecule has 0 amide bonds. The molecule has 0 spiro atoms. The van der Waals surface area contributed by atoms with E-state index in [9.17, 15) is 4.79 Å². The van der Waals surface area contributed by atoms with Crippen LogP contribution in [0.1, 0.15) is 25.0 Å². The Bertz CT molecular complexity index is 416. The first-order valence-corrected chi connectivity index (χ1v) is 6.09. The third-order valence-electron chi connectivity index (χ3n) is 2.73. The van der Waals surface area contributed by atoms with Crippen LogP contribution < -0.4 is 10.1 Å². The third-order valence-corrected chi connectivity index (χ3v) is 2.73. The van der Waals surface area contributed by atoms with Crippen LogP contribution in [0.2, 0.25) is 0 Å². The summed E-state index contributed by atoms with van der Waals surface area (Å²) in [6, 6.07) is 5.16. The molecule has 0 fully saturated rings. The van der Waals surface area contributed by atoms with Gasteiger partial charge in [0.15, 0.2) is 0 Å². The molecule has 0 saturated carbocycles. The number of ether oxygens (including phenoxy) is 1. The largest absolute Gasteiger partial charge is 0.491 e. The standard InChI is InChI=1S/C14H21NO3/c1-9(2)15-13(14(16)17)8-18-12-6-5-10(3)11(4)7-12/h5-7,9,13,15H,8H2,1-4H3,(H,16,17). The van der Waals surface area contributed by atoms with Crippen LogP contribution in [-0.4, -0.2) is 29.8 Å². The first-order chi connectivity index (χ1) is 8.40. The van der Waals surface area contributed by atoms with Crippen molar-refractivity contribution in [1.82, 2.24) is 5.32 Å². The molecule has 4 heteroatoms. The average molecular weight is 251 g/mol. The zero-order valence-corrected chi connectivity index (χ0v) is 11.4. The topological polar surface area (TPSA) is 58.6 Å². The second-order valence-corrected chi connectivity index (χ2v) is 4.77. The predicted octanol–water partition coefficient (Wildman–Crippen LogP) is 2.13. The van der Waals surface area contributed by atoms with Gasteiger partial charge in [-0.25, -0.2) is 0 Å². The van der Waals surface area contributed by atoms with Crippen molar-refractivity contribution in [2.24, 2.45) is 0 Å². The molecule has 18 heavy (non-hydrogen) atoms. The van der Waals surface area contributed by atoms with Gasteiger partial charge in [-0.2, -0.15) is 0 Å². The van der Waals surface area contributed by atoms with Crippen molar-refractivity contribution in [3.8, 4) is 5.75 Å². The summed E-state index contributed by atoms with van der Waals surface area (Å²) < 4.78 is 5.52. The van der Waals surface area contributed by atoms with Gasteiger partial charge in [0.1, 0.15) is 18.4 Å². The van der Waals surface area contributed by atoms with E-state index >= 15 is 0 Å². The lowest BCUT2D eigenvalue weighted by molar-refractivity contribution is -0.140. The van der Waals surface area contributed by atoms with Crippen LogP contribution in [0.4, 0.5) is 0 Å². The van der Waals surface area contributed by atoms with Crippen LogP contribution in [0.3, 0.4) is 0 Å². The predicted molar refractivity (Wildman–Crippen MR) is 71.1 cm³/mol. The summed E-state index contributed by atoms with van der Waals surface area (Å²) in [5.41, 5.74) is 2.33. The zero-order chi connectivity index (χ0) is 13.7. The minimum atomic E-state index is -0.896. The van der Waals surface area contributed by atoms with Crippen molar-refractivity contribution in [1.29, 1.82) is 0 Å². The number of benzene rings is 1. The highest BCUT2D eigenvalue weighted by atomic mass is 16.5. The lowest BCUT2D eigenvalue weighted by Gasteiger charge is -2.18. The van der Waals surface area contributed by atoms with Gasteiger partial charge in [0.05, 0.1) is 0 Å². The summed E-state index contributed by atoms with van der Waals surface area (Å²) in [6.45, 7) is 7.97. The summed E-state index contributed by atoms with van der Waals surface area (Å²) in [6.07, 6.45) is 0. The fraction of sp³-hybridized carbons (Fsp3) is 0.500. The molecule has 1 rings (SSSR count). The highest BCUT2D eigenvalue weighted by Gasteiger charge is 2.18. The smallest absolute Gasteiger partial charge is 0.324 e. The van der Waals surface area contributed by atoms with Gasteiger partial charge >= 0.3 is 5.97 Å². The number of aryl methyl sites for hydroxylation is 2. The molecule has 1 aromatic carbocycles. The Morgan fingerprint density at radius 3 is 2.50 bits per heavy atom. The molecule has 0 bridgehead atoms. The van der Waals surface area contributed by atoms with Gasteiger partial charge in [0.2, 0.25) is 0 Å². The van der Waals surface area contributed by atoms with Gasteiger partial charge in [-0.05, 0) is 37.1 Å². The maximum Gasteiger partial charge on any atom is 0.324 e. The molecule has 0 aliphatic carbocycles. The summed E-state index contributed by atoms with van der Waals surface area (Å²) in [5.74, 6) is -0.192. The van der Waals surface area contributed by atoms with Crippen LogP contribution in [0.15, 0.2) is 18.2 Å². The summed E-state index contributed by atoms with van der Waals surface area (Å²) in [7, 11) is 0. The van der Waals surface area contributed by atoms with E-state index in [-0.39, 0.29) is 12.6 Å². The van der Waals surface area contributed by atoms with Crippen LogP contribution >= 0.6 is 0 Å². The number of hydrogen-bond acceptors (Lipinski definition) is 3. The van der Waals surface area contributed by atoms with Gasteiger partial charge in [-0.1, -0.05) is 19.9 Å². The Kier molecular flexibility index (Phi) is 5.16. The molecule has 0 aliphatic rings. The number of rotatable bonds is 6. The average Bonchev–Trinajstić information content (AvgIpc) is 2.28. The van der Waals surface area contributed by atoms with E-state index in [1.807, 2.05) is 45.9 Å². The van der Waals surface area contributed by atoms with E-state index in [0.29, 0.717) is 5.75 Å². The summed E-state index contributed by atoms with van der Waals surface area (Å²) in [5, 5.41) is 12.0. The van der Waals surface area contributed by atoms with Crippen molar-refractivity contribution in [3.63, 3.8) is 0 Å². The van der Waals surface area contributed by atoms with E-state index in [4.69, 9.17) is 9.84 Å². The molecule has 1 unspecified atom stereocenters. The first-order valence-electron chi connectivity index (χ1n) is 6.09. The SMILES string of the molecule is Cc1ccc(OCC(NC(C)C)C(=O)O)cc1C. The number of carboxylic acids is 1. The Morgan fingerprint density at radius 2 is 2.00 bits per heavy atom. The molecule has 0 saturated heterocycles. The quantitative estimate of drug-likeness (QED) is 0.813. The Labute approximate surface area is 108 Å². The summed E-state index contributed by atoms with van der Waals surface area (Å²) in [4.78, 5) is 11.0. The minimum Gasteiger partial charge on any atom is -0.491 e. The lowest BCUT2D eigenvalue weighted by Crippen LogP contribution is -2.44. The van der Waals surface area contributed by atoms with E-state index in [2.05, 4.69) is 5.32 Å². The fourth-order valence-corrected chi connectivity index (χ4v) is 1.58. The van der Waals surface area contributed by atoms with Gasteiger partial charge < -0.3 is 9.84 Å². The van der Waals surface area contributed by atoms with Crippen molar-refractivity contribution < 1.29 is 14.6 Å². The second-order valence-electron chi connectivity index (χ2n) is 4.77. The summed E-state index contributed by atoms with van der Waals surface area (Å²) >= 11 is 0. The van der Waals surface area contributed by atoms with Crippen molar-refractivity contribution >= 4 is 5.97 Å². The molecule has 4 nitrogen and oxygen atoms in total. The number of hydrogen-bond donors (Lipinski definition) is 2.